The van der Waals surface area contributed by atoms with E-state index in [2.05, 4.69) is 51.2 Å². The molecule has 0 unspecified atom stereocenters. The molecule has 4 heterocycles. The Morgan fingerprint density at radius 1 is 1.04 bits per heavy atom. The second-order valence-electron chi connectivity index (χ2n) is 7.72. The molecule has 0 saturated carbocycles. The van der Waals surface area contributed by atoms with Gasteiger partial charge in [0.2, 0.25) is 5.95 Å². The molecule has 26 heavy (non-hydrogen) atoms. The molecule has 0 spiro atoms. The average molecular weight is 352 g/mol. The largest absolute Gasteiger partial charge is 0.366 e. The molecule has 4 rings (SSSR count). The van der Waals surface area contributed by atoms with E-state index in [-0.39, 0.29) is 5.41 Å². The number of aromatic nitrogens is 6. The third kappa shape index (κ3) is 3.31. The molecule has 1 saturated heterocycles. The van der Waals surface area contributed by atoms with Crippen molar-refractivity contribution >= 4 is 17.4 Å². The smallest absolute Gasteiger partial charge is 0.225 e. The van der Waals surface area contributed by atoms with Crippen LogP contribution in [0.2, 0.25) is 0 Å². The maximum atomic E-state index is 4.72. The van der Waals surface area contributed by atoms with Crippen LogP contribution in [0.5, 0.6) is 0 Å². The van der Waals surface area contributed by atoms with Gasteiger partial charge in [0.25, 0.3) is 0 Å². The van der Waals surface area contributed by atoms with Crippen LogP contribution in [-0.2, 0) is 5.41 Å². The summed E-state index contributed by atoms with van der Waals surface area (Å²) in [6.45, 7) is 8.22. The number of nitrogens with one attached hydrogen (secondary N) is 1. The Morgan fingerprint density at radius 2 is 1.77 bits per heavy atom. The quantitative estimate of drug-likeness (QED) is 0.774. The van der Waals surface area contributed by atoms with E-state index in [9.17, 15) is 0 Å². The molecule has 3 aromatic rings. The molecule has 0 atom stereocenters. The summed E-state index contributed by atoms with van der Waals surface area (Å²) >= 11 is 0. The lowest BCUT2D eigenvalue weighted by molar-refractivity contribution is 0.513. The number of anilines is 2. The van der Waals surface area contributed by atoms with Gasteiger partial charge in [-0.3, -0.25) is 0 Å². The number of piperidine rings is 1. The predicted molar refractivity (Wildman–Crippen MR) is 100 cm³/mol. The highest BCUT2D eigenvalue weighted by Gasteiger charge is 2.23. The van der Waals surface area contributed by atoms with Crippen molar-refractivity contribution in [3.8, 4) is 0 Å². The van der Waals surface area contributed by atoms with E-state index >= 15 is 0 Å². The van der Waals surface area contributed by atoms with E-state index in [1.807, 2.05) is 22.7 Å². The van der Waals surface area contributed by atoms with Crippen LogP contribution in [0.25, 0.3) is 5.65 Å². The molecule has 0 aliphatic carbocycles. The first-order chi connectivity index (χ1) is 12.5. The first kappa shape index (κ1) is 16.7. The van der Waals surface area contributed by atoms with Crippen LogP contribution in [0.1, 0.15) is 39.4 Å². The Morgan fingerprint density at radius 3 is 2.46 bits per heavy atom. The fourth-order valence-corrected chi connectivity index (χ4v) is 3.22. The fourth-order valence-electron chi connectivity index (χ4n) is 3.22. The molecular weight excluding hydrogens is 328 g/mol. The second kappa shape index (κ2) is 6.51. The van der Waals surface area contributed by atoms with E-state index in [4.69, 9.17) is 5.10 Å². The van der Waals surface area contributed by atoms with Gasteiger partial charge in [0.1, 0.15) is 5.82 Å². The lowest BCUT2D eigenvalue weighted by atomic mass is 9.96. The van der Waals surface area contributed by atoms with Crippen molar-refractivity contribution in [3.05, 3.63) is 36.4 Å². The summed E-state index contributed by atoms with van der Waals surface area (Å²) in [5, 5.41) is 16.8. The van der Waals surface area contributed by atoms with Crippen molar-refractivity contribution in [2.75, 3.05) is 23.3 Å². The Kier molecular flexibility index (Phi) is 4.18. The van der Waals surface area contributed by atoms with Gasteiger partial charge in [-0.2, -0.15) is 4.52 Å². The van der Waals surface area contributed by atoms with Gasteiger partial charge in [0.15, 0.2) is 11.5 Å². The first-order valence-corrected chi connectivity index (χ1v) is 9.02. The van der Waals surface area contributed by atoms with Crippen LogP contribution in [0.4, 0.5) is 11.8 Å². The third-order valence-electron chi connectivity index (χ3n) is 4.62. The molecule has 1 aliphatic heterocycles. The van der Waals surface area contributed by atoms with Gasteiger partial charge in [-0.25, -0.2) is 9.97 Å². The van der Waals surface area contributed by atoms with Crippen LogP contribution in [0, 0.1) is 0 Å². The Hall–Kier alpha value is -2.77. The standard InChI is InChI=1S/C18H24N8/c1-18(2,3)16-23-22-15-6-5-14(24-26(15)16)21-13-7-11-25(12-8-13)17-19-9-4-10-20-17/h4-6,9-10,13H,7-8,11-12H2,1-3H3,(H,21,24). The summed E-state index contributed by atoms with van der Waals surface area (Å²) in [7, 11) is 0. The SMILES string of the molecule is CC(C)(C)c1nnc2ccc(NC3CCN(c4ncccn4)CC3)nn12. The summed E-state index contributed by atoms with van der Waals surface area (Å²) in [6, 6.07) is 6.17. The van der Waals surface area contributed by atoms with Crippen LogP contribution in [0.3, 0.4) is 0 Å². The van der Waals surface area contributed by atoms with Crippen molar-refractivity contribution in [1.29, 1.82) is 0 Å². The molecule has 0 bridgehead atoms. The number of hydrogen-bond donors (Lipinski definition) is 1. The zero-order chi connectivity index (χ0) is 18.1. The molecule has 3 aromatic heterocycles. The van der Waals surface area contributed by atoms with Gasteiger partial charge in [-0.05, 0) is 31.0 Å². The minimum absolute atomic E-state index is 0.105. The minimum atomic E-state index is -0.105. The van der Waals surface area contributed by atoms with E-state index in [0.29, 0.717) is 6.04 Å². The van der Waals surface area contributed by atoms with Gasteiger partial charge in [-0.1, -0.05) is 20.8 Å². The Balaban J connectivity index is 1.45. The van der Waals surface area contributed by atoms with Crippen molar-refractivity contribution < 1.29 is 0 Å². The van der Waals surface area contributed by atoms with Gasteiger partial charge >= 0.3 is 0 Å². The monoisotopic (exact) mass is 352 g/mol. The second-order valence-corrected chi connectivity index (χ2v) is 7.72. The molecule has 1 N–H and O–H groups in total. The maximum absolute atomic E-state index is 4.72. The number of rotatable bonds is 3. The number of nitrogens with zero attached hydrogens (tertiary/aromatic N) is 7. The van der Waals surface area contributed by atoms with Crippen LogP contribution in [0.15, 0.2) is 30.6 Å². The minimum Gasteiger partial charge on any atom is -0.366 e. The summed E-state index contributed by atoms with van der Waals surface area (Å²) in [5.41, 5.74) is 0.669. The van der Waals surface area contributed by atoms with E-state index in [1.165, 1.54) is 0 Å². The summed E-state index contributed by atoms with van der Waals surface area (Å²) < 4.78 is 1.84. The van der Waals surface area contributed by atoms with Crippen molar-refractivity contribution in [2.45, 2.75) is 45.1 Å². The zero-order valence-electron chi connectivity index (χ0n) is 15.4. The summed E-state index contributed by atoms with van der Waals surface area (Å²) in [5.74, 6) is 2.54. The average Bonchev–Trinajstić information content (AvgIpc) is 3.07. The molecule has 1 aliphatic rings. The molecule has 1 fully saturated rings. The first-order valence-electron chi connectivity index (χ1n) is 9.02. The third-order valence-corrected chi connectivity index (χ3v) is 4.62. The highest BCUT2D eigenvalue weighted by molar-refractivity contribution is 5.45. The van der Waals surface area contributed by atoms with Gasteiger partial charge < -0.3 is 10.2 Å². The molecule has 0 amide bonds. The van der Waals surface area contributed by atoms with Gasteiger partial charge in [-0.15, -0.1) is 15.3 Å². The predicted octanol–water partition coefficient (Wildman–Crippen LogP) is 2.29. The number of fused-ring (bicyclic) bond motifs is 1. The van der Waals surface area contributed by atoms with E-state index in [1.54, 1.807) is 12.4 Å². The molecule has 136 valence electrons. The number of hydrogen-bond acceptors (Lipinski definition) is 7. The van der Waals surface area contributed by atoms with Crippen LogP contribution < -0.4 is 10.2 Å². The van der Waals surface area contributed by atoms with E-state index < -0.39 is 0 Å². The summed E-state index contributed by atoms with van der Waals surface area (Å²) in [6.07, 6.45) is 5.62. The van der Waals surface area contributed by atoms with Gasteiger partial charge in [0.05, 0.1) is 0 Å². The molecule has 0 radical (unpaired) electrons. The molecular formula is C18H24N8. The summed E-state index contributed by atoms with van der Waals surface area (Å²) in [4.78, 5) is 10.9. The molecule has 0 aromatic carbocycles. The lowest BCUT2D eigenvalue weighted by Gasteiger charge is -2.32. The van der Waals surface area contributed by atoms with Crippen molar-refractivity contribution in [1.82, 2.24) is 29.8 Å². The topological polar surface area (TPSA) is 84.1 Å². The maximum Gasteiger partial charge on any atom is 0.225 e. The van der Waals surface area contributed by atoms with Gasteiger partial charge in [0, 0.05) is 36.9 Å². The fraction of sp³-hybridized carbons (Fsp3) is 0.500. The van der Waals surface area contributed by atoms with Crippen LogP contribution in [-0.4, -0.2) is 48.9 Å². The highest BCUT2D eigenvalue weighted by Crippen LogP contribution is 2.22. The highest BCUT2D eigenvalue weighted by atomic mass is 15.4. The lowest BCUT2D eigenvalue weighted by Crippen LogP contribution is -2.40. The van der Waals surface area contributed by atoms with Crippen LogP contribution >= 0.6 is 0 Å². The molecule has 8 heteroatoms. The van der Waals surface area contributed by atoms with Crippen molar-refractivity contribution in [2.24, 2.45) is 0 Å². The molecule has 8 nitrogen and oxygen atoms in total. The van der Waals surface area contributed by atoms with Crippen molar-refractivity contribution in [3.63, 3.8) is 0 Å². The normalized spacial score (nSPS) is 16.2. The Labute approximate surface area is 152 Å². The Bertz CT molecular complexity index is 875. The van der Waals surface area contributed by atoms with E-state index in [0.717, 1.165) is 49.2 Å². The zero-order valence-corrected chi connectivity index (χ0v) is 15.4.